The summed E-state index contributed by atoms with van der Waals surface area (Å²) in [5.74, 6) is -0.516. The van der Waals surface area contributed by atoms with E-state index in [1.54, 1.807) is 6.92 Å². The van der Waals surface area contributed by atoms with E-state index in [1.165, 1.54) is 41.8 Å². The zero-order valence-electron chi connectivity index (χ0n) is 19.2. The van der Waals surface area contributed by atoms with Gasteiger partial charge in [0.15, 0.2) is 0 Å². The minimum absolute atomic E-state index is 0.0843. The molecule has 1 aromatic heterocycles. The van der Waals surface area contributed by atoms with Crippen molar-refractivity contribution < 1.29 is 19.0 Å². The maximum absolute atomic E-state index is 13.0. The van der Waals surface area contributed by atoms with Crippen LogP contribution in [0.2, 0.25) is 0 Å². The van der Waals surface area contributed by atoms with Gasteiger partial charge in [-0.05, 0) is 61.8 Å². The molecule has 170 valence electrons. The third-order valence-electron chi connectivity index (χ3n) is 6.06. The van der Waals surface area contributed by atoms with Crippen molar-refractivity contribution >= 4 is 17.7 Å². The van der Waals surface area contributed by atoms with Gasteiger partial charge in [-0.2, -0.15) is 0 Å². The first-order chi connectivity index (χ1) is 15.5. The van der Waals surface area contributed by atoms with E-state index in [-0.39, 0.29) is 19.2 Å². The van der Waals surface area contributed by atoms with E-state index in [0.29, 0.717) is 11.6 Å². The Hall–Kier alpha value is -3.16. The molecule has 0 fully saturated rings. The number of hydrogen-bond donors (Lipinski definition) is 1. The number of esters is 1. The van der Waals surface area contributed by atoms with Crippen molar-refractivity contribution in [1.82, 2.24) is 9.97 Å². The third-order valence-corrected chi connectivity index (χ3v) is 6.06. The first-order valence-electron chi connectivity index (χ1n) is 11.2. The van der Waals surface area contributed by atoms with Gasteiger partial charge in [-0.25, -0.2) is 19.8 Å². The molecule has 1 aliphatic carbocycles. The standard InChI is InChI=1S/C24H30N4O4/c1-5-8-18-15(3)11-16-9-7-10-19(16)20(18)28-23-27-14-24(32-23,21(29)31-6-2)17-12-25-22(30-4)26-13-17/h11-13H,5-10,14H2,1-4H3,(H,27,28). The van der Waals surface area contributed by atoms with Crippen molar-refractivity contribution in [3.05, 3.63) is 46.3 Å². The topological polar surface area (TPSA) is 94.9 Å². The van der Waals surface area contributed by atoms with Crippen LogP contribution >= 0.6 is 0 Å². The van der Waals surface area contributed by atoms with Gasteiger partial charge in [0, 0.05) is 23.6 Å². The number of aromatic nitrogens is 2. The van der Waals surface area contributed by atoms with Gasteiger partial charge in [-0.1, -0.05) is 19.4 Å². The molecule has 2 aromatic rings. The second kappa shape index (κ2) is 9.14. The summed E-state index contributed by atoms with van der Waals surface area (Å²) < 4.78 is 16.6. The van der Waals surface area contributed by atoms with E-state index in [1.807, 2.05) is 0 Å². The summed E-state index contributed by atoms with van der Waals surface area (Å²) in [4.78, 5) is 25.8. The summed E-state index contributed by atoms with van der Waals surface area (Å²) in [6, 6.07) is 2.84. The summed E-state index contributed by atoms with van der Waals surface area (Å²) >= 11 is 0. The van der Waals surface area contributed by atoms with Crippen LogP contribution in [0.3, 0.4) is 0 Å². The number of hydrogen-bond acceptors (Lipinski definition) is 8. The number of rotatable bonds is 7. The van der Waals surface area contributed by atoms with E-state index in [0.717, 1.165) is 37.8 Å². The van der Waals surface area contributed by atoms with Crippen LogP contribution < -0.4 is 10.1 Å². The molecular weight excluding hydrogens is 408 g/mol. The Bertz CT molecular complexity index is 1040. The molecule has 8 heteroatoms. The van der Waals surface area contributed by atoms with E-state index in [9.17, 15) is 4.79 Å². The van der Waals surface area contributed by atoms with E-state index < -0.39 is 11.6 Å². The van der Waals surface area contributed by atoms with Gasteiger partial charge in [0.25, 0.3) is 11.6 Å². The molecule has 2 aliphatic rings. The van der Waals surface area contributed by atoms with Crippen molar-refractivity contribution in [2.24, 2.45) is 4.99 Å². The number of methoxy groups -OCH3 is 1. The molecule has 4 rings (SSSR count). The number of nitrogens with one attached hydrogen (secondary N) is 1. The Labute approximate surface area is 188 Å². The summed E-state index contributed by atoms with van der Waals surface area (Å²) in [6.07, 6.45) is 8.30. The average Bonchev–Trinajstić information content (AvgIpc) is 3.44. The molecule has 8 nitrogen and oxygen atoms in total. The Balaban J connectivity index is 1.67. The SMILES string of the molecule is CCCc1c(C)cc2c(c1NC1=NCC(C(=O)OCC)(c3cnc(OC)nc3)O1)CCC2. The molecule has 1 aliphatic heterocycles. The van der Waals surface area contributed by atoms with Gasteiger partial charge >= 0.3 is 12.0 Å². The quantitative estimate of drug-likeness (QED) is 0.661. The number of aryl methyl sites for hydroxylation is 2. The van der Waals surface area contributed by atoms with Crippen LogP contribution in [-0.4, -0.2) is 42.2 Å². The van der Waals surface area contributed by atoms with Gasteiger partial charge in [0.1, 0.15) is 0 Å². The monoisotopic (exact) mass is 438 g/mol. The van der Waals surface area contributed by atoms with Crippen LogP contribution in [0, 0.1) is 6.92 Å². The Kier molecular flexibility index (Phi) is 6.30. The molecule has 2 heterocycles. The van der Waals surface area contributed by atoms with Gasteiger partial charge in [0.2, 0.25) is 0 Å². The number of ether oxygens (including phenoxy) is 3. The summed E-state index contributed by atoms with van der Waals surface area (Å²) in [7, 11) is 1.49. The lowest BCUT2D eigenvalue weighted by molar-refractivity contribution is -0.161. The number of carbonyl (C=O) groups excluding carboxylic acids is 1. The summed E-state index contributed by atoms with van der Waals surface area (Å²) in [5.41, 5.74) is 5.37. The number of nitrogens with zero attached hydrogens (tertiary/aromatic N) is 3. The lowest BCUT2D eigenvalue weighted by Crippen LogP contribution is -2.42. The molecule has 0 saturated carbocycles. The summed E-state index contributed by atoms with van der Waals surface area (Å²) in [5, 5.41) is 3.43. The molecule has 0 saturated heterocycles. The molecule has 0 amide bonds. The lowest BCUT2D eigenvalue weighted by Gasteiger charge is -2.26. The van der Waals surface area contributed by atoms with Crippen molar-refractivity contribution in [3.63, 3.8) is 0 Å². The van der Waals surface area contributed by atoms with E-state index in [4.69, 9.17) is 14.2 Å². The minimum atomic E-state index is -1.43. The fourth-order valence-electron chi connectivity index (χ4n) is 4.50. The number of benzene rings is 1. The number of aliphatic imine (C=N–C) groups is 1. The van der Waals surface area contributed by atoms with E-state index >= 15 is 0 Å². The van der Waals surface area contributed by atoms with Gasteiger partial charge < -0.3 is 19.5 Å². The maximum atomic E-state index is 13.0. The number of anilines is 1. The second-order valence-electron chi connectivity index (χ2n) is 8.14. The lowest BCUT2D eigenvalue weighted by atomic mass is 9.95. The van der Waals surface area contributed by atoms with Crippen molar-refractivity contribution in [1.29, 1.82) is 0 Å². The van der Waals surface area contributed by atoms with Gasteiger partial charge in [0.05, 0.1) is 20.3 Å². The molecule has 1 N–H and O–H groups in total. The van der Waals surface area contributed by atoms with Crippen LogP contribution in [0.1, 0.15) is 54.5 Å². The molecule has 32 heavy (non-hydrogen) atoms. The molecule has 0 bridgehead atoms. The highest BCUT2D eigenvalue weighted by atomic mass is 16.6. The smallest absolute Gasteiger partial charge is 0.357 e. The Morgan fingerprint density at radius 2 is 2.03 bits per heavy atom. The highest BCUT2D eigenvalue weighted by Gasteiger charge is 2.50. The fraction of sp³-hybridized carbons (Fsp3) is 0.500. The zero-order chi connectivity index (χ0) is 22.7. The van der Waals surface area contributed by atoms with Crippen LogP contribution in [0.25, 0.3) is 0 Å². The predicted molar refractivity (Wildman–Crippen MR) is 121 cm³/mol. The van der Waals surface area contributed by atoms with Crippen LogP contribution in [0.15, 0.2) is 23.5 Å². The van der Waals surface area contributed by atoms with Crippen molar-refractivity contribution in [2.45, 2.75) is 58.5 Å². The van der Waals surface area contributed by atoms with Crippen LogP contribution in [0.5, 0.6) is 6.01 Å². The Morgan fingerprint density at radius 1 is 1.25 bits per heavy atom. The number of fused-ring (bicyclic) bond motifs is 1. The molecule has 1 unspecified atom stereocenters. The molecule has 0 spiro atoms. The molecule has 1 atom stereocenters. The predicted octanol–water partition coefficient (Wildman–Crippen LogP) is 3.49. The largest absolute Gasteiger partial charge is 0.467 e. The third kappa shape index (κ3) is 3.89. The van der Waals surface area contributed by atoms with E-state index in [2.05, 4.69) is 40.2 Å². The number of amidine groups is 1. The maximum Gasteiger partial charge on any atom is 0.357 e. The minimum Gasteiger partial charge on any atom is -0.467 e. The van der Waals surface area contributed by atoms with Gasteiger partial charge in [-0.15, -0.1) is 0 Å². The summed E-state index contributed by atoms with van der Waals surface area (Å²) in [6.45, 7) is 6.41. The molecule has 0 radical (unpaired) electrons. The normalized spacial score (nSPS) is 19.2. The Morgan fingerprint density at radius 3 is 2.72 bits per heavy atom. The highest BCUT2D eigenvalue weighted by Crippen LogP contribution is 2.37. The van der Waals surface area contributed by atoms with Crippen molar-refractivity contribution in [3.8, 4) is 6.01 Å². The van der Waals surface area contributed by atoms with Crippen LogP contribution in [0.4, 0.5) is 5.69 Å². The fourth-order valence-corrected chi connectivity index (χ4v) is 4.50. The first-order valence-corrected chi connectivity index (χ1v) is 11.2. The van der Waals surface area contributed by atoms with Crippen molar-refractivity contribution in [2.75, 3.05) is 25.6 Å². The highest BCUT2D eigenvalue weighted by molar-refractivity contribution is 5.96. The molecule has 1 aromatic carbocycles. The van der Waals surface area contributed by atoms with Gasteiger partial charge in [-0.3, -0.25) is 0 Å². The second-order valence-corrected chi connectivity index (χ2v) is 8.14. The molecular formula is C24H30N4O4. The zero-order valence-corrected chi connectivity index (χ0v) is 19.2. The average molecular weight is 439 g/mol. The number of carbonyl (C=O) groups is 1. The first kappa shape index (κ1) is 22.0. The van der Waals surface area contributed by atoms with Crippen LogP contribution in [-0.2, 0) is 39.1 Å².